The minimum Gasteiger partial charge on any atom is -0.380 e. The zero-order valence-electron chi connectivity index (χ0n) is 18.9. The van der Waals surface area contributed by atoms with Crippen LogP contribution >= 0.6 is 0 Å². The average Bonchev–Trinajstić information content (AvgIpc) is 3.10. The maximum Gasteiger partial charge on any atom is 0.254 e. The normalized spacial score (nSPS) is 32.6. The number of likely N-dealkylation sites (tertiary alicyclic amines) is 1. The maximum absolute atomic E-state index is 13.1. The van der Waals surface area contributed by atoms with Crippen molar-refractivity contribution in [2.45, 2.75) is 75.7 Å². The molecule has 1 saturated heterocycles. The highest BCUT2D eigenvalue weighted by molar-refractivity contribution is 5.85. The Labute approximate surface area is 184 Å². The number of carbonyl (C=O) groups is 1. The Hall–Kier alpha value is -1.51. The highest BCUT2D eigenvalue weighted by Gasteiger charge is 2.49. The lowest BCUT2D eigenvalue weighted by Crippen LogP contribution is -2.46. The number of amides is 1. The van der Waals surface area contributed by atoms with Crippen molar-refractivity contribution in [3.63, 3.8) is 0 Å². The van der Waals surface area contributed by atoms with E-state index in [1.54, 1.807) is 0 Å². The molecule has 1 aromatic heterocycles. The predicted molar refractivity (Wildman–Crippen MR) is 115 cm³/mol. The molecule has 0 bridgehead atoms. The minimum atomic E-state index is -1.12. The number of carbonyl (C=O) groups excluding carboxylic acids is 1. The van der Waals surface area contributed by atoms with E-state index in [2.05, 4.69) is 21.4 Å². The van der Waals surface area contributed by atoms with Crippen LogP contribution in [-0.4, -0.2) is 81.3 Å². The van der Waals surface area contributed by atoms with Gasteiger partial charge in [0.1, 0.15) is 5.60 Å². The summed E-state index contributed by atoms with van der Waals surface area (Å²) in [6.45, 7) is 3.11. The van der Waals surface area contributed by atoms with Gasteiger partial charge in [-0.1, -0.05) is 5.21 Å². The second kappa shape index (κ2) is 8.45. The number of fused-ring (bicyclic) bond motifs is 1. The molecule has 31 heavy (non-hydrogen) atoms. The summed E-state index contributed by atoms with van der Waals surface area (Å²) in [5, 5.41) is 19.7. The number of ether oxygens (including phenoxy) is 1. The third-order valence-electron chi connectivity index (χ3n) is 7.82. The van der Waals surface area contributed by atoms with Gasteiger partial charge in [-0.05, 0) is 83.2 Å². The molecule has 1 amide bonds. The van der Waals surface area contributed by atoms with E-state index >= 15 is 0 Å². The van der Waals surface area contributed by atoms with Gasteiger partial charge in [0.25, 0.3) is 5.91 Å². The van der Waals surface area contributed by atoms with Crippen LogP contribution in [0.2, 0.25) is 0 Å². The van der Waals surface area contributed by atoms with Crippen molar-refractivity contribution in [2.24, 2.45) is 17.8 Å². The third kappa shape index (κ3) is 4.52. The molecule has 2 heterocycles. The zero-order chi connectivity index (χ0) is 21.6. The molecular weight excluding hydrogens is 394 g/mol. The molecule has 0 aromatic carbocycles. The lowest BCUT2D eigenvalue weighted by molar-refractivity contribution is -0.149. The van der Waals surface area contributed by atoms with E-state index in [0.29, 0.717) is 24.7 Å². The number of hydrogen-bond acceptors (Lipinski definition) is 6. The molecule has 0 unspecified atom stereocenters. The zero-order valence-corrected chi connectivity index (χ0v) is 18.9. The molecule has 4 fully saturated rings. The fraction of sp³-hybridized carbons (Fsp3) is 0.870. The number of nitrogens with zero attached hydrogens (tertiary/aromatic N) is 5. The molecule has 4 aliphatic rings. The van der Waals surface area contributed by atoms with Gasteiger partial charge < -0.3 is 19.6 Å². The van der Waals surface area contributed by atoms with Crippen LogP contribution in [0.3, 0.4) is 0 Å². The van der Waals surface area contributed by atoms with Gasteiger partial charge in [0.05, 0.1) is 24.0 Å². The maximum atomic E-state index is 13.1. The first-order valence-corrected chi connectivity index (χ1v) is 12.1. The third-order valence-corrected chi connectivity index (χ3v) is 7.82. The number of aliphatic hydroxyl groups is 1. The summed E-state index contributed by atoms with van der Waals surface area (Å²) in [4.78, 5) is 17.1. The summed E-state index contributed by atoms with van der Waals surface area (Å²) in [5.74, 6) is 1.55. The molecule has 5 rings (SSSR count). The smallest absolute Gasteiger partial charge is 0.254 e. The molecule has 1 aliphatic heterocycles. The lowest BCUT2D eigenvalue weighted by Gasteiger charge is -2.37. The molecule has 1 aromatic rings. The Bertz CT molecular complexity index is 786. The van der Waals surface area contributed by atoms with Crippen LogP contribution in [0, 0.1) is 17.8 Å². The van der Waals surface area contributed by atoms with Crippen molar-refractivity contribution in [2.75, 3.05) is 33.8 Å². The van der Waals surface area contributed by atoms with Crippen molar-refractivity contribution in [3.05, 3.63) is 11.9 Å². The Balaban J connectivity index is 1.30. The first-order chi connectivity index (χ1) is 14.9. The van der Waals surface area contributed by atoms with E-state index in [1.165, 1.54) is 12.8 Å². The first-order valence-electron chi connectivity index (χ1n) is 12.1. The summed E-state index contributed by atoms with van der Waals surface area (Å²) in [7, 11) is 4.07. The second-order valence-corrected chi connectivity index (χ2v) is 10.8. The van der Waals surface area contributed by atoms with Crippen LogP contribution in [0.5, 0.6) is 0 Å². The van der Waals surface area contributed by atoms with E-state index in [4.69, 9.17) is 4.74 Å². The van der Waals surface area contributed by atoms with Gasteiger partial charge in [-0.2, -0.15) is 0 Å². The van der Waals surface area contributed by atoms with E-state index in [0.717, 1.165) is 63.5 Å². The minimum absolute atomic E-state index is 0.0413. The van der Waals surface area contributed by atoms with Crippen LogP contribution in [0.1, 0.15) is 63.1 Å². The summed E-state index contributed by atoms with van der Waals surface area (Å²) in [6, 6.07) is 0.160. The highest BCUT2D eigenvalue weighted by atomic mass is 16.5. The number of rotatable bonds is 7. The van der Waals surface area contributed by atoms with Crippen LogP contribution < -0.4 is 0 Å². The van der Waals surface area contributed by atoms with Crippen molar-refractivity contribution in [1.29, 1.82) is 0 Å². The fourth-order valence-corrected chi connectivity index (χ4v) is 5.90. The number of hydrogen-bond donors (Lipinski definition) is 1. The Morgan fingerprint density at radius 2 is 1.94 bits per heavy atom. The van der Waals surface area contributed by atoms with Crippen LogP contribution in [0.15, 0.2) is 6.20 Å². The van der Waals surface area contributed by atoms with Crippen LogP contribution in [-0.2, 0) is 16.1 Å². The summed E-state index contributed by atoms with van der Waals surface area (Å²) in [6.07, 6.45) is 9.76. The molecule has 4 atom stereocenters. The fourth-order valence-electron chi connectivity index (χ4n) is 5.90. The highest BCUT2D eigenvalue weighted by Crippen LogP contribution is 2.44. The SMILES string of the molecule is CN(C)Cc1cn([C@@H]2C[C@@H]3CN(C(=O)C4(O)CCCC4)C[C@@H]3C[C@H]2OCC2CC2)nn1. The lowest BCUT2D eigenvalue weighted by atomic mass is 9.77. The Kier molecular flexibility index (Phi) is 5.81. The van der Waals surface area contributed by atoms with E-state index in [-0.39, 0.29) is 18.1 Å². The van der Waals surface area contributed by atoms with Gasteiger partial charge in [0.2, 0.25) is 0 Å². The molecule has 0 spiro atoms. The van der Waals surface area contributed by atoms with E-state index < -0.39 is 5.60 Å². The van der Waals surface area contributed by atoms with E-state index in [9.17, 15) is 9.90 Å². The summed E-state index contributed by atoms with van der Waals surface area (Å²) < 4.78 is 8.45. The standard InChI is InChI=1S/C23H37N5O3/c1-26(2)13-19-14-28(25-24-19)20-9-17-11-27(22(29)23(30)7-3-4-8-23)12-18(17)10-21(20)31-15-16-5-6-16/h14,16-18,20-21,30H,3-13,15H2,1-2H3/t17-,18+,20-,21-/m1/s1. The second-order valence-electron chi connectivity index (χ2n) is 10.8. The topological polar surface area (TPSA) is 83.7 Å². The molecule has 3 saturated carbocycles. The average molecular weight is 432 g/mol. The predicted octanol–water partition coefficient (Wildman–Crippen LogP) is 1.85. The van der Waals surface area contributed by atoms with Gasteiger partial charge in [0, 0.05) is 26.2 Å². The molecule has 0 radical (unpaired) electrons. The Morgan fingerprint density at radius 3 is 2.61 bits per heavy atom. The molecule has 8 nitrogen and oxygen atoms in total. The van der Waals surface area contributed by atoms with Gasteiger partial charge in [0.15, 0.2) is 0 Å². The van der Waals surface area contributed by atoms with Gasteiger partial charge in [-0.25, -0.2) is 4.68 Å². The van der Waals surface area contributed by atoms with Crippen molar-refractivity contribution < 1.29 is 14.6 Å². The molecule has 172 valence electrons. The van der Waals surface area contributed by atoms with Crippen molar-refractivity contribution in [3.8, 4) is 0 Å². The van der Waals surface area contributed by atoms with Crippen molar-refractivity contribution >= 4 is 5.91 Å². The van der Waals surface area contributed by atoms with Gasteiger partial charge in [-0.3, -0.25) is 4.79 Å². The Morgan fingerprint density at radius 1 is 1.23 bits per heavy atom. The summed E-state index contributed by atoms with van der Waals surface area (Å²) in [5.41, 5.74) is -0.151. The summed E-state index contributed by atoms with van der Waals surface area (Å²) >= 11 is 0. The molecular formula is C23H37N5O3. The largest absolute Gasteiger partial charge is 0.380 e. The van der Waals surface area contributed by atoms with E-state index in [1.807, 2.05) is 23.7 Å². The van der Waals surface area contributed by atoms with Crippen molar-refractivity contribution in [1.82, 2.24) is 24.8 Å². The van der Waals surface area contributed by atoms with Gasteiger partial charge >= 0.3 is 0 Å². The monoisotopic (exact) mass is 431 g/mol. The molecule has 8 heteroatoms. The van der Waals surface area contributed by atoms with Gasteiger partial charge in [-0.15, -0.1) is 5.10 Å². The molecule has 1 N–H and O–H groups in total. The molecule has 3 aliphatic carbocycles. The number of aromatic nitrogens is 3. The first kappa shape index (κ1) is 21.3. The quantitative estimate of drug-likeness (QED) is 0.709. The van der Waals surface area contributed by atoms with Crippen LogP contribution in [0.25, 0.3) is 0 Å². The van der Waals surface area contributed by atoms with Crippen LogP contribution in [0.4, 0.5) is 0 Å².